The monoisotopic (exact) mass is 684 g/mol. The Kier molecular flexibility index (Phi) is 8.30. The van der Waals surface area contributed by atoms with Crippen molar-refractivity contribution >= 4 is 46.1 Å². The molecule has 0 bridgehead atoms. The van der Waals surface area contributed by atoms with Crippen LogP contribution in [0.4, 0.5) is 24.7 Å². The summed E-state index contributed by atoms with van der Waals surface area (Å²) >= 11 is 6.11. The van der Waals surface area contributed by atoms with Crippen LogP contribution >= 0.6 is 11.6 Å². The lowest BCUT2D eigenvalue weighted by atomic mass is 9.84. The van der Waals surface area contributed by atoms with Crippen molar-refractivity contribution in [1.29, 1.82) is 0 Å². The molecule has 252 valence electrons. The van der Waals surface area contributed by atoms with E-state index in [0.717, 1.165) is 18.2 Å². The predicted octanol–water partition coefficient (Wildman–Crippen LogP) is 4.34. The van der Waals surface area contributed by atoms with Crippen LogP contribution < -0.4 is 15.6 Å². The van der Waals surface area contributed by atoms with Gasteiger partial charge in [-0.1, -0.05) is 18.5 Å². The van der Waals surface area contributed by atoms with Crippen LogP contribution in [-0.2, 0) is 29.4 Å². The molecule has 2 unspecified atom stereocenters. The average Bonchev–Trinajstić information content (AvgIpc) is 3.77. The second-order valence-electron chi connectivity index (χ2n) is 12.3. The van der Waals surface area contributed by atoms with Crippen LogP contribution in [0.1, 0.15) is 52.8 Å². The van der Waals surface area contributed by atoms with Crippen LogP contribution in [-0.4, -0.2) is 73.5 Å². The van der Waals surface area contributed by atoms with E-state index >= 15 is 0 Å². The number of anilines is 2. The van der Waals surface area contributed by atoms with Crippen molar-refractivity contribution in [2.75, 3.05) is 37.4 Å². The zero-order valence-corrected chi connectivity index (χ0v) is 27.3. The number of aryl methyl sites for hydroxylation is 1. The maximum absolute atomic E-state index is 14.3. The summed E-state index contributed by atoms with van der Waals surface area (Å²) in [5, 5.41) is 12.7. The first-order chi connectivity index (χ1) is 22.7. The van der Waals surface area contributed by atoms with Gasteiger partial charge in [0.15, 0.2) is 22.6 Å². The van der Waals surface area contributed by atoms with Crippen molar-refractivity contribution in [3.63, 3.8) is 0 Å². The highest BCUT2D eigenvalue weighted by atomic mass is 35.5. The Morgan fingerprint density at radius 1 is 1.21 bits per heavy atom. The quantitative estimate of drug-likeness (QED) is 0.290. The second-order valence-corrected chi connectivity index (χ2v) is 12.7. The lowest BCUT2D eigenvalue weighted by Crippen LogP contribution is -2.43. The maximum Gasteiger partial charge on any atom is 0.416 e. The highest BCUT2D eigenvalue weighted by molar-refractivity contribution is 6.33. The van der Waals surface area contributed by atoms with Gasteiger partial charge in [0.05, 0.1) is 28.2 Å². The molecule has 4 heterocycles. The fraction of sp³-hybridized carbons (Fsp3) is 0.406. The summed E-state index contributed by atoms with van der Waals surface area (Å²) in [7, 11) is 3.52. The molecule has 2 aliphatic rings. The largest absolute Gasteiger partial charge is 0.504 e. The highest BCUT2D eigenvalue weighted by Gasteiger charge is 2.60. The van der Waals surface area contributed by atoms with Crippen LogP contribution in [0.5, 0.6) is 5.75 Å². The molecule has 1 aliphatic heterocycles. The van der Waals surface area contributed by atoms with E-state index in [4.69, 9.17) is 11.6 Å². The maximum atomic E-state index is 14.3. The molecule has 1 aromatic carbocycles. The fourth-order valence-electron chi connectivity index (χ4n) is 6.64. The smallest absolute Gasteiger partial charge is 0.416 e. The third-order valence-corrected chi connectivity index (χ3v) is 9.52. The van der Waals surface area contributed by atoms with Gasteiger partial charge in [-0.05, 0) is 50.3 Å². The van der Waals surface area contributed by atoms with Crippen molar-refractivity contribution in [1.82, 2.24) is 29.4 Å². The fourth-order valence-corrected chi connectivity index (χ4v) is 6.86. The van der Waals surface area contributed by atoms with Gasteiger partial charge >= 0.3 is 6.18 Å². The van der Waals surface area contributed by atoms with Gasteiger partial charge < -0.3 is 24.8 Å². The molecular formula is C32H32ClF3N8O4. The molecule has 4 aromatic rings. The normalized spacial score (nSPS) is 18.8. The Labute approximate surface area is 277 Å². The van der Waals surface area contributed by atoms with Gasteiger partial charge in [-0.25, -0.2) is 19.9 Å². The second kappa shape index (κ2) is 12.0. The molecule has 1 aliphatic carbocycles. The van der Waals surface area contributed by atoms with Crippen LogP contribution in [0, 0.1) is 12.8 Å². The van der Waals surface area contributed by atoms with Gasteiger partial charge in [0.1, 0.15) is 18.7 Å². The molecule has 0 radical (unpaired) electrons. The molecule has 2 amide bonds. The van der Waals surface area contributed by atoms with Crippen LogP contribution in [0.25, 0.3) is 11.2 Å². The minimum atomic E-state index is -4.60. The third-order valence-electron chi connectivity index (χ3n) is 9.21. The predicted molar refractivity (Wildman–Crippen MR) is 171 cm³/mol. The minimum absolute atomic E-state index is 0.00192. The number of halogens is 4. The molecule has 12 nitrogen and oxygen atoms in total. The minimum Gasteiger partial charge on any atom is -0.504 e. The summed E-state index contributed by atoms with van der Waals surface area (Å²) < 4.78 is 41.1. The number of hydrogen-bond acceptors (Lipinski definition) is 9. The molecule has 3 aromatic heterocycles. The van der Waals surface area contributed by atoms with Crippen LogP contribution in [0.3, 0.4) is 0 Å². The Morgan fingerprint density at radius 2 is 1.96 bits per heavy atom. The topological polar surface area (TPSA) is 146 Å². The van der Waals surface area contributed by atoms with E-state index in [1.54, 1.807) is 35.4 Å². The number of carbonyl (C=O) groups excluding carboxylic acids is 2. The first kappa shape index (κ1) is 33.1. The summed E-state index contributed by atoms with van der Waals surface area (Å²) in [6.07, 6.45) is -0.448. The van der Waals surface area contributed by atoms with E-state index in [-0.39, 0.29) is 51.2 Å². The third kappa shape index (κ3) is 5.69. The van der Waals surface area contributed by atoms with E-state index in [0.29, 0.717) is 55.1 Å². The van der Waals surface area contributed by atoms with Gasteiger partial charge in [0, 0.05) is 43.9 Å². The number of aromatic hydroxyl groups is 1. The van der Waals surface area contributed by atoms with Gasteiger partial charge in [-0.15, -0.1) is 0 Å². The number of nitrogens with zero attached hydrogens (tertiary/aromatic N) is 7. The number of carbonyl (C=O) groups is 2. The summed E-state index contributed by atoms with van der Waals surface area (Å²) in [4.78, 5) is 61.5. The summed E-state index contributed by atoms with van der Waals surface area (Å²) in [5.41, 5.74) is -0.251. The van der Waals surface area contributed by atoms with E-state index in [2.05, 4.69) is 25.3 Å². The molecule has 16 heteroatoms. The molecule has 48 heavy (non-hydrogen) atoms. The summed E-state index contributed by atoms with van der Waals surface area (Å²) in [5.74, 6) is -0.926. The first-order valence-corrected chi connectivity index (χ1v) is 15.6. The van der Waals surface area contributed by atoms with Crippen molar-refractivity contribution in [3.05, 3.63) is 74.2 Å². The number of benzene rings is 1. The molecule has 2 atom stereocenters. The van der Waals surface area contributed by atoms with Crippen molar-refractivity contribution in [2.24, 2.45) is 5.92 Å². The van der Waals surface area contributed by atoms with Gasteiger partial charge in [-0.2, -0.15) is 13.2 Å². The number of pyridine rings is 1. The SMILES string of the molecule is CCc1c(C23CCN(C(=O)c4ncnc(C)c4O)CC2C3)c(=O)c2nc(N(C)C)cnc2n1CC(=O)Nc1ccc(C(F)(F)F)cc1Cl. The van der Waals surface area contributed by atoms with Crippen molar-refractivity contribution in [2.45, 2.75) is 51.2 Å². The Hall–Kier alpha value is -4.79. The Morgan fingerprint density at radius 3 is 2.60 bits per heavy atom. The number of nitrogens with one attached hydrogen (secondary N) is 1. The van der Waals surface area contributed by atoms with Gasteiger partial charge in [0.2, 0.25) is 11.3 Å². The molecular weight excluding hydrogens is 653 g/mol. The van der Waals surface area contributed by atoms with Crippen molar-refractivity contribution < 1.29 is 27.9 Å². The van der Waals surface area contributed by atoms with Gasteiger partial charge in [-0.3, -0.25) is 14.4 Å². The Bertz CT molecular complexity index is 2040. The molecule has 6 rings (SSSR count). The number of piperidine rings is 1. The number of hydrogen-bond donors (Lipinski definition) is 2. The number of fused-ring (bicyclic) bond motifs is 2. The van der Waals surface area contributed by atoms with E-state index in [9.17, 15) is 32.7 Å². The summed E-state index contributed by atoms with van der Waals surface area (Å²) in [6, 6.07) is 2.66. The Balaban J connectivity index is 1.37. The van der Waals surface area contributed by atoms with E-state index in [1.807, 2.05) is 6.92 Å². The van der Waals surface area contributed by atoms with E-state index in [1.165, 1.54) is 12.5 Å². The number of alkyl halides is 3. The summed E-state index contributed by atoms with van der Waals surface area (Å²) in [6.45, 7) is 3.75. The molecule has 2 N–H and O–H groups in total. The zero-order valence-electron chi connectivity index (χ0n) is 26.5. The van der Waals surface area contributed by atoms with Crippen molar-refractivity contribution in [3.8, 4) is 5.75 Å². The molecule has 1 saturated carbocycles. The first-order valence-electron chi connectivity index (χ1n) is 15.2. The number of rotatable bonds is 7. The van der Waals surface area contributed by atoms with Gasteiger partial charge in [0.25, 0.3) is 5.91 Å². The average molecular weight is 685 g/mol. The van der Waals surface area contributed by atoms with E-state index < -0.39 is 29.0 Å². The molecule has 0 spiro atoms. The standard InChI is InChI=1S/C32H32ClF3N8O4/c1-5-21-24(31-8-9-43(13-18(31)11-31)30(48)26-27(46)16(2)38-15-39-26)28(47)25-29(37-12-22(41-25)42(3)4)44(21)14-23(45)40-20-7-6-17(10-19(20)33)32(34,35)36/h6-7,10,12,15,18,46H,5,8-9,11,13-14H2,1-4H3,(H,40,45). The lowest BCUT2D eigenvalue weighted by Gasteiger charge is -2.33. The number of aromatic nitrogens is 5. The molecule has 1 saturated heterocycles. The van der Waals surface area contributed by atoms with Crippen LogP contribution in [0.15, 0.2) is 35.5 Å². The highest BCUT2D eigenvalue weighted by Crippen LogP contribution is 2.59. The molecule has 2 fully saturated rings. The van der Waals surface area contributed by atoms with Crippen LogP contribution in [0.2, 0.25) is 5.02 Å². The lowest BCUT2D eigenvalue weighted by molar-refractivity contribution is -0.137. The zero-order chi connectivity index (χ0) is 34.7. The number of likely N-dealkylation sites (tertiary alicyclic amines) is 1. The number of amides is 2.